The van der Waals surface area contributed by atoms with Gasteiger partial charge in [0.25, 0.3) is 10.0 Å². The summed E-state index contributed by atoms with van der Waals surface area (Å²) in [5, 5.41) is 9.01. The predicted molar refractivity (Wildman–Crippen MR) is 74.7 cm³/mol. The van der Waals surface area contributed by atoms with Gasteiger partial charge in [-0.15, -0.1) is 11.3 Å². The van der Waals surface area contributed by atoms with E-state index >= 15 is 0 Å². The van der Waals surface area contributed by atoms with Crippen molar-refractivity contribution in [1.29, 1.82) is 0 Å². The maximum atomic E-state index is 12.6. The van der Waals surface area contributed by atoms with E-state index in [2.05, 4.69) is 4.98 Å². The zero-order chi connectivity index (χ0) is 15.8. The first-order chi connectivity index (χ1) is 9.76. The topological polar surface area (TPSA) is 108 Å². The third-order valence-electron chi connectivity index (χ3n) is 3.21. The van der Waals surface area contributed by atoms with Gasteiger partial charge in [-0.3, -0.25) is 4.79 Å². The fourth-order valence-corrected chi connectivity index (χ4v) is 5.15. The van der Waals surface area contributed by atoms with Crippen LogP contribution in [-0.4, -0.2) is 66.3 Å². The molecule has 0 spiro atoms. The number of hydrogen-bond donors (Lipinski definition) is 1. The molecule has 8 nitrogen and oxygen atoms in total. The van der Waals surface area contributed by atoms with Gasteiger partial charge in [-0.05, 0) is 12.8 Å². The van der Waals surface area contributed by atoms with Gasteiger partial charge in [-0.1, -0.05) is 0 Å². The Morgan fingerprint density at radius 3 is 2.71 bits per heavy atom. The second-order valence-corrected chi connectivity index (χ2v) is 7.74. The van der Waals surface area contributed by atoms with E-state index in [0.717, 1.165) is 15.6 Å². The normalized spacial score (nSPS) is 19.6. The molecule has 0 bridgehead atoms. The summed E-state index contributed by atoms with van der Waals surface area (Å²) in [6, 6.07) is -0.784. The predicted octanol–water partition coefficient (Wildman–Crippen LogP) is 0.0826. The van der Waals surface area contributed by atoms with E-state index < -0.39 is 27.7 Å². The lowest BCUT2D eigenvalue weighted by atomic mass is 10.2. The molecule has 1 amide bonds. The van der Waals surface area contributed by atoms with E-state index in [1.165, 1.54) is 10.4 Å². The van der Waals surface area contributed by atoms with Crippen LogP contribution in [0.5, 0.6) is 0 Å². The maximum Gasteiger partial charge on any atom is 0.356 e. The Morgan fingerprint density at radius 2 is 2.14 bits per heavy atom. The number of thiazole rings is 1. The highest BCUT2D eigenvalue weighted by Gasteiger charge is 2.42. The molecular weight excluding hydrogens is 318 g/mol. The number of carboxylic acid groups (broad SMARTS) is 1. The minimum absolute atomic E-state index is 0.198. The van der Waals surface area contributed by atoms with Crippen molar-refractivity contribution in [3.05, 3.63) is 11.2 Å². The van der Waals surface area contributed by atoms with Crippen molar-refractivity contribution in [3.8, 4) is 0 Å². The average Bonchev–Trinajstić information content (AvgIpc) is 3.06. The molecule has 0 radical (unpaired) electrons. The molecule has 1 aliphatic heterocycles. The van der Waals surface area contributed by atoms with Crippen LogP contribution in [0.3, 0.4) is 0 Å². The molecule has 1 saturated heterocycles. The summed E-state index contributed by atoms with van der Waals surface area (Å²) in [4.78, 5) is 28.0. The number of aromatic carboxylic acids is 1. The molecule has 1 unspecified atom stereocenters. The molecule has 1 aromatic rings. The summed E-state index contributed by atoms with van der Waals surface area (Å²) in [6.45, 7) is 0.198. The Hall–Kier alpha value is -1.52. The molecule has 0 aromatic carbocycles. The van der Waals surface area contributed by atoms with E-state index in [9.17, 15) is 18.0 Å². The van der Waals surface area contributed by atoms with Crippen molar-refractivity contribution in [2.24, 2.45) is 0 Å². The standard InChI is InChI=1S/C11H15N3O5S2/c1-13(2)9(15)7-4-3-5-14(7)21(18,19)11-8(10(16)17)12-6-20-11/h6-7H,3-5H2,1-2H3,(H,16,17). The second-order valence-electron chi connectivity index (χ2n) is 4.80. The number of amides is 1. The van der Waals surface area contributed by atoms with Gasteiger partial charge in [0.2, 0.25) is 5.91 Å². The van der Waals surface area contributed by atoms with Gasteiger partial charge in [0, 0.05) is 20.6 Å². The van der Waals surface area contributed by atoms with E-state index in [0.29, 0.717) is 12.8 Å². The number of nitrogens with zero attached hydrogens (tertiary/aromatic N) is 3. The number of aromatic nitrogens is 1. The molecule has 116 valence electrons. The number of carbonyl (C=O) groups excluding carboxylic acids is 1. The Balaban J connectivity index is 2.41. The number of likely N-dealkylation sites (N-methyl/N-ethyl adjacent to an activating group) is 1. The van der Waals surface area contributed by atoms with Crippen LogP contribution in [0.1, 0.15) is 23.3 Å². The highest BCUT2D eigenvalue weighted by atomic mass is 32.2. The number of carboxylic acids is 1. The highest BCUT2D eigenvalue weighted by molar-refractivity contribution is 7.91. The third-order valence-corrected chi connectivity index (χ3v) is 6.47. The zero-order valence-corrected chi connectivity index (χ0v) is 13.1. The lowest BCUT2D eigenvalue weighted by Gasteiger charge is -2.25. The van der Waals surface area contributed by atoms with Gasteiger partial charge in [-0.2, -0.15) is 4.31 Å². The van der Waals surface area contributed by atoms with Gasteiger partial charge in [0.05, 0.1) is 5.51 Å². The van der Waals surface area contributed by atoms with Gasteiger partial charge in [0.15, 0.2) is 9.90 Å². The first-order valence-corrected chi connectivity index (χ1v) is 8.48. The summed E-state index contributed by atoms with van der Waals surface area (Å²) in [6.07, 6.45) is 0.988. The van der Waals surface area contributed by atoms with Gasteiger partial charge < -0.3 is 10.0 Å². The summed E-state index contributed by atoms with van der Waals surface area (Å²) < 4.78 is 26.0. The van der Waals surface area contributed by atoms with Crippen LogP contribution in [0.2, 0.25) is 0 Å². The Labute approximate surface area is 126 Å². The third kappa shape index (κ3) is 2.78. The van der Waals surface area contributed by atoms with Crippen molar-refractivity contribution in [3.63, 3.8) is 0 Å². The largest absolute Gasteiger partial charge is 0.476 e. The molecule has 1 aromatic heterocycles. The second kappa shape index (κ2) is 5.70. The van der Waals surface area contributed by atoms with Crippen molar-refractivity contribution < 1.29 is 23.1 Å². The summed E-state index contributed by atoms with van der Waals surface area (Å²) >= 11 is 0.747. The molecule has 0 aliphatic carbocycles. The number of rotatable bonds is 4. The molecule has 21 heavy (non-hydrogen) atoms. The van der Waals surface area contributed by atoms with Crippen LogP contribution in [0.25, 0.3) is 0 Å². The first kappa shape index (κ1) is 15.9. The van der Waals surface area contributed by atoms with Crippen LogP contribution in [0, 0.1) is 0 Å². The minimum atomic E-state index is -4.04. The quantitative estimate of drug-likeness (QED) is 0.836. The molecule has 0 saturated carbocycles. The maximum absolute atomic E-state index is 12.6. The smallest absolute Gasteiger partial charge is 0.356 e. The van der Waals surface area contributed by atoms with Crippen LogP contribution >= 0.6 is 11.3 Å². The number of hydrogen-bond acceptors (Lipinski definition) is 6. The monoisotopic (exact) mass is 333 g/mol. The molecule has 10 heteroatoms. The van der Waals surface area contributed by atoms with Crippen LogP contribution in [0.15, 0.2) is 9.72 Å². The first-order valence-electron chi connectivity index (χ1n) is 6.16. The average molecular weight is 333 g/mol. The Kier molecular flexibility index (Phi) is 4.30. The number of sulfonamides is 1. The Morgan fingerprint density at radius 1 is 1.48 bits per heavy atom. The molecule has 2 rings (SSSR count). The summed E-state index contributed by atoms with van der Waals surface area (Å²) in [7, 11) is -0.925. The molecule has 2 heterocycles. The van der Waals surface area contributed by atoms with E-state index in [-0.39, 0.29) is 16.7 Å². The van der Waals surface area contributed by atoms with Crippen molar-refractivity contribution >= 4 is 33.2 Å². The molecule has 1 fully saturated rings. The van der Waals surface area contributed by atoms with Crippen LogP contribution < -0.4 is 0 Å². The van der Waals surface area contributed by atoms with Gasteiger partial charge in [-0.25, -0.2) is 18.2 Å². The van der Waals surface area contributed by atoms with E-state index in [1.807, 2.05) is 0 Å². The van der Waals surface area contributed by atoms with Crippen LogP contribution in [-0.2, 0) is 14.8 Å². The zero-order valence-electron chi connectivity index (χ0n) is 11.5. The van der Waals surface area contributed by atoms with Crippen molar-refractivity contribution in [1.82, 2.24) is 14.2 Å². The molecule has 1 N–H and O–H groups in total. The lowest BCUT2D eigenvalue weighted by Crippen LogP contribution is -2.45. The lowest BCUT2D eigenvalue weighted by molar-refractivity contribution is -0.132. The molecule has 1 aliphatic rings. The van der Waals surface area contributed by atoms with Crippen molar-refractivity contribution in [2.45, 2.75) is 23.1 Å². The highest BCUT2D eigenvalue weighted by Crippen LogP contribution is 2.30. The van der Waals surface area contributed by atoms with Gasteiger partial charge in [0.1, 0.15) is 6.04 Å². The van der Waals surface area contributed by atoms with Crippen molar-refractivity contribution in [2.75, 3.05) is 20.6 Å². The Bertz CT molecular complexity index is 667. The number of carbonyl (C=O) groups is 2. The minimum Gasteiger partial charge on any atom is -0.476 e. The fraction of sp³-hybridized carbons (Fsp3) is 0.545. The fourth-order valence-electron chi connectivity index (χ4n) is 2.24. The van der Waals surface area contributed by atoms with Crippen LogP contribution in [0.4, 0.5) is 0 Å². The molecular formula is C11H15N3O5S2. The van der Waals surface area contributed by atoms with E-state index in [1.54, 1.807) is 14.1 Å². The van der Waals surface area contributed by atoms with E-state index in [4.69, 9.17) is 5.11 Å². The molecule has 1 atom stereocenters. The SMILES string of the molecule is CN(C)C(=O)C1CCCN1S(=O)(=O)c1scnc1C(=O)O. The summed E-state index contributed by atoms with van der Waals surface area (Å²) in [5.74, 6) is -1.71. The summed E-state index contributed by atoms with van der Waals surface area (Å²) in [5.41, 5.74) is 0.679. The van der Waals surface area contributed by atoms with Gasteiger partial charge >= 0.3 is 5.97 Å².